The number of nitrogens with zero attached hydrogens (tertiary/aromatic N) is 2. The second kappa shape index (κ2) is 3.07. The summed E-state index contributed by atoms with van der Waals surface area (Å²) in [4.78, 5) is 14.4. The molecule has 54 valence electrons. The van der Waals surface area contributed by atoms with Gasteiger partial charge in [-0.25, -0.2) is 9.78 Å². The lowest BCUT2D eigenvalue weighted by molar-refractivity contribution is 0.0588. The van der Waals surface area contributed by atoms with Crippen molar-refractivity contribution in [1.29, 1.82) is 0 Å². The number of halogens is 1. The SMILES string of the molecule is COC(=O)c1nsc(Br)n1. The lowest BCUT2D eigenvalue weighted by Crippen LogP contribution is -2.02. The molecule has 1 rings (SSSR count). The van der Waals surface area contributed by atoms with Crippen molar-refractivity contribution in [3.05, 3.63) is 9.74 Å². The minimum Gasteiger partial charge on any atom is -0.463 e. The molecule has 0 atom stereocenters. The number of hydrogen-bond donors (Lipinski definition) is 0. The van der Waals surface area contributed by atoms with E-state index in [2.05, 4.69) is 30.0 Å². The van der Waals surface area contributed by atoms with Crippen LogP contribution in [0.4, 0.5) is 0 Å². The molecule has 0 N–H and O–H groups in total. The van der Waals surface area contributed by atoms with E-state index in [1.807, 2.05) is 0 Å². The molecular weight excluding hydrogens is 220 g/mol. The molecule has 0 saturated carbocycles. The topological polar surface area (TPSA) is 52.1 Å². The summed E-state index contributed by atoms with van der Waals surface area (Å²) >= 11 is 4.17. The van der Waals surface area contributed by atoms with E-state index in [9.17, 15) is 4.79 Å². The standard InChI is InChI=1S/C4H3BrN2O2S/c1-9-3(8)2-6-4(5)10-7-2/h1H3. The molecule has 0 aromatic carbocycles. The van der Waals surface area contributed by atoms with Gasteiger partial charge in [-0.1, -0.05) is 0 Å². The first-order chi connectivity index (χ1) is 4.74. The molecule has 6 heteroatoms. The number of ether oxygens (including phenoxy) is 1. The molecule has 0 aliphatic carbocycles. The summed E-state index contributed by atoms with van der Waals surface area (Å²) in [5, 5.41) is 0. The van der Waals surface area contributed by atoms with E-state index in [-0.39, 0.29) is 5.82 Å². The number of rotatable bonds is 1. The van der Waals surface area contributed by atoms with Gasteiger partial charge in [0.1, 0.15) is 0 Å². The van der Waals surface area contributed by atoms with Gasteiger partial charge < -0.3 is 4.74 Å². The summed E-state index contributed by atoms with van der Waals surface area (Å²) in [5.41, 5.74) is 0. The first-order valence-corrected chi connectivity index (χ1v) is 3.88. The highest BCUT2D eigenvalue weighted by molar-refractivity contribution is 9.11. The zero-order chi connectivity index (χ0) is 7.56. The van der Waals surface area contributed by atoms with Crippen LogP contribution < -0.4 is 0 Å². The Morgan fingerprint density at radius 2 is 2.50 bits per heavy atom. The lowest BCUT2D eigenvalue weighted by atomic mass is 10.6. The first-order valence-electron chi connectivity index (χ1n) is 2.31. The van der Waals surface area contributed by atoms with Gasteiger partial charge in [0.25, 0.3) is 5.82 Å². The third-order valence-corrected chi connectivity index (χ3v) is 1.89. The summed E-state index contributed by atoms with van der Waals surface area (Å²) in [7, 11) is 1.29. The quantitative estimate of drug-likeness (QED) is 0.668. The van der Waals surface area contributed by atoms with Gasteiger partial charge in [0.05, 0.1) is 7.11 Å². The van der Waals surface area contributed by atoms with Crippen LogP contribution in [0.2, 0.25) is 0 Å². The number of carbonyl (C=O) groups excluding carboxylic acids is 1. The molecule has 0 spiro atoms. The fourth-order valence-electron chi connectivity index (χ4n) is 0.379. The van der Waals surface area contributed by atoms with Crippen LogP contribution in [0.15, 0.2) is 3.92 Å². The molecule has 1 aromatic heterocycles. The van der Waals surface area contributed by atoms with Crippen LogP contribution in [-0.2, 0) is 4.74 Å². The van der Waals surface area contributed by atoms with E-state index in [0.717, 1.165) is 11.5 Å². The van der Waals surface area contributed by atoms with Crippen molar-refractivity contribution < 1.29 is 9.53 Å². The molecule has 0 radical (unpaired) electrons. The van der Waals surface area contributed by atoms with Crippen molar-refractivity contribution in [2.75, 3.05) is 7.11 Å². The molecule has 1 aromatic rings. The van der Waals surface area contributed by atoms with Crippen molar-refractivity contribution in [2.45, 2.75) is 0 Å². The molecule has 4 nitrogen and oxygen atoms in total. The third kappa shape index (κ3) is 1.51. The van der Waals surface area contributed by atoms with Crippen LogP contribution in [0.25, 0.3) is 0 Å². The van der Waals surface area contributed by atoms with E-state index in [0.29, 0.717) is 3.92 Å². The van der Waals surface area contributed by atoms with Gasteiger partial charge in [-0.3, -0.25) is 0 Å². The van der Waals surface area contributed by atoms with Crippen molar-refractivity contribution in [3.63, 3.8) is 0 Å². The van der Waals surface area contributed by atoms with Crippen LogP contribution in [-0.4, -0.2) is 22.4 Å². The van der Waals surface area contributed by atoms with E-state index < -0.39 is 5.97 Å². The van der Waals surface area contributed by atoms with Gasteiger partial charge in [-0.15, -0.1) is 0 Å². The van der Waals surface area contributed by atoms with Gasteiger partial charge >= 0.3 is 5.97 Å². The Morgan fingerprint density at radius 3 is 2.90 bits per heavy atom. The normalized spacial score (nSPS) is 9.40. The van der Waals surface area contributed by atoms with E-state index >= 15 is 0 Å². The second-order valence-electron chi connectivity index (χ2n) is 1.36. The average molecular weight is 223 g/mol. The summed E-state index contributed by atoms with van der Waals surface area (Å²) < 4.78 is 8.64. The largest absolute Gasteiger partial charge is 0.463 e. The molecule has 0 fully saturated rings. The van der Waals surface area contributed by atoms with Crippen LogP contribution in [0.1, 0.15) is 10.6 Å². The van der Waals surface area contributed by atoms with Gasteiger partial charge in [0.2, 0.25) is 0 Å². The minimum atomic E-state index is -0.512. The fraction of sp³-hybridized carbons (Fsp3) is 0.250. The van der Waals surface area contributed by atoms with Crippen LogP contribution >= 0.6 is 27.5 Å². The van der Waals surface area contributed by atoms with E-state index in [4.69, 9.17) is 0 Å². The second-order valence-corrected chi connectivity index (χ2v) is 3.39. The number of aromatic nitrogens is 2. The molecular formula is C4H3BrN2O2S. The average Bonchev–Trinajstić information content (AvgIpc) is 2.34. The van der Waals surface area contributed by atoms with Crippen molar-refractivity contribution in [1.82, 2.24) is 9.36 Å². The predicted octanol–water partition coefficient (Wildman–Crippen LogP) is 1.09. The Morgan fingerprint density at radius 1 is 1.80 bits per heavy atom. The Bertz CT molecular complexity index is 249. The number of esters is 1. The minimum absolute atomic E-state index is 0.0966. The number of methoxy groups -OCH3 is 1. The molecule has 0 amide bonds. The summed E-state index contributed by atoms with van der Waals surface area (Å²) in [6.45, 7) is 0. The zero-order valence-corrected chi connectivity index (χ0v) is 7.40. The van der Waals surface area contributed by atoms with Crippen LogP contribution in [0, 0.1) is 0 Å². The van der Waals surface area contributed by atoms with Crippen molar-refractivity contribution in [2.24, 2.45) is 0 Å². The van der Waals surface area contributed by atoms with E-state index in [1.54, 1.807) is 0 Å². The van der Waals surface area contributed by atoms with Crippen molar-refractivity contribution in [3.8, 4) is 0 Å². The van der Waals surface area contributed by atoms with Gasteiger partial charge in [0, 0.05) is 0 Å². The van der Waals surface area contributed by atoms with Crippen LogP contribution in [0.5, 0.6) is 0 Å². The fourth-order valence-corrected chi connectivity index (χ4v) is 1.17. The maximum atomic E-state index is 10.7. The maximum Gasteiger partial charge on any atom is 0.377 e. The monoisotopic (exact) mass is 222 g/mol. The Hall–Kier alpha value is -0.490. The predicted molar refractivity (Wildman–Crippen MR) is 38.9 cm³/mol. The summed E-state index contributed by atoms with van der Waals surface area (Å²) in [5.74, 6) is -0.415. The Balaban J connectivity index is 2.85. The summed E-state index contributed by atoms with van der Waals surface area (Å²) in [6.07, 6.45) is 0. The van der Waals surface area contributed by atoms with Crippen LogP contribution in [0.3, 0.4) is 0 Å². The van der Waals surface area contributed by atoms with Gasteiger partial charge in [-0.05, 0) is 27.5 Å². The number of carbonyl (C=O) groups is 1. The first kappa shape index (κ1) is 7.62. The zero-order valence-electron chi connectivity index (χ0n) is 5.00. The highest BCUT2D eigenvalue weighted by atomic mass is 79.9. The van der Waals surface area contributed by atoms with E-state index in [1.165, 1.54) is 7.11 Å². The smallest absolute Gasteiger partial charge is 0.377 e. The Labute approximate surface area is 69.5 Å². The van der Waals surface area contributed by atoms with Gasteiger partial charge in [-0.2, -0.15) is 4.37 Å². The molecule has 1 heterocycles. The maximum absolute atomic E-state index is 10.7. The molecule has 0 aliphatic rings. The van der Waals surface area contributed by atoms with Gasteiger partial charge in [0.15, 0.2) is 3.92 Å². The summed E-state index contributed by atoms with van der Waals surface area (Å²) in [6, 6.07) is 0. The molecule has 10 heavy (non-hydrogen) atoms. The van der Waals surface area contributed by atoms with Crippen molar-refractivity contribution >= 4 is 33.4 Å². The highest BCUT2D eigenvalue weighted by Gasteiger charge is 2.10. The third-order valence-electron chi connectivity index (χ3n) is 0.769. The molecule has 0 aliphatic heterocycles. The molecule has 0 bridgehead atoms. The Kier molecular flexibility index (Phi) is 2.34. The molecule has 0 unspecified atom stereocenters. The molecule has 0 saturated heterocycles. The highest BCUT2D eigenvalue weighted by Crippen LogP contribution is 2.11. The lowest BCUT2D eigenvalue weighted by Gasteiger charge is -1.88. The number of hydrogen-bond acceptors (Lipinski definition) is 5.